The fourth-order valence-corrected chi connectivity index (χ4v) is 9.99. The topological polar surface area (TPSA) is 190 Å². The average Bonchev–Trinajstić information content (AvgIpc) is 3.43. The number of aliphatic carboxylic acids is 3. The van der Waals surface area contributed by atoms with Crippen molar-refractivity contribution in [3.63, 3.8) is 0 Å². The van der Waals surface area contributed by atoms with Crippen molar-refractivity contribution in [3.8, 4) is 0 Å². The first-order valence-corrected chi connectivity index (χ1v) is 35.0. The van der Waals surface area contributed by atoms with Crippen molar-refractivity contribution in [1.82, 2.24) is 0 Å². The minimum atomic E-state index is -0.903. The Morgan fingerprint density at radius 1 is 0.247 bits per heavy atom. The van der Waals surface area contributed by atoms with Crippen LogP contribution < -0.4 is 21.1 Å². The zero-order chi connectivity index (χ0) is 59.7. The number of carbonyl (C=O) groups is 5. The molecule has 81 heavy (non-hydrogen) atoms. The van der Waals surface area contributed by atoms with Gasteiger partial charge < -0.3 is 40.2 Å². The van der Waals surface area contributed by atoms with Crippen LogP contribution in [0.25, 0.3) is 0 Å². The van der Waals surface area contributed by atoms with Gasteiger partial charge >= 0.3 is 23.3 Å². The summed E-state index contributed by atoms with van der Waals surface area (Å²) in [5.74, 6) is -3.49. The minimum absolute atomic E-state index is 0. The maximum atomic E-state index is 11.2. The molecule has 478 valence electrons. The number of rotatable bonds is 62. The van der Waals surface area contributed by atoms with Crippen LogP contribution in [0, 0.1) is 0 Å². The third-order valence-electron chi connectivity index (χ3n) is 15.3. The Bertz CT molecular complexity index is 1130. The molecular formula is C70H136AlNO9. The van der Waals surface area contributed by atoms with E-state index in [-0.39, 0.29) is 55.4 Å². The normalized spacial score (nSPS) is 10.6. The van der Waals surface area contributed by atoms with E-state index in [1.807, 2.05) is 0 Å². The summed E-state index contributed by atoms with van der Waals surface area (Å²) in [5, 5.41) is 30.7. The van der Waals surface area contributed by atoms with E-state index in [0.29, 0.717) is 6.61 Å². The van der Waals surface area contributed by atoms with Crippen molar-refractivity contribution < 1.29 is 44.0 Å². The van der Waals surface area contributed by atoms with Gasteiger partial charge in [-0.05, 0) is 44.9 Å². The zero-order valence-electron chi connectivity index (χ0n) is 54.5. The summed E-state index contributed by atoms with van der Waals surface area (Å²) in [6.07, 6.45) is 72.4. The molecule has 0 fully saturated rings. The van der Waals surface area contributed by atoms with Crippen molar-refractivity contribution in [2.75, 3.05) is 6.61 Å². The van der Waals surface area contributed by atoms with Crippen molar-refractivity contribution >= 4 is 47.1 Å². The van der Waals surface area contributed by atoms with Gasteiger partial charge in [-0.3, -0.25) is 9.59 Å². The Labute approximate surface area is 513 Å². The molecule has 0 aromatic rings. The van der Waals surface area contributed by atoms with Gasteiger partial charge in [0.25, 0.3) is 0 Å². The van der Waals surface area contributed by atoms with Crippen LogP contribution in [0.5, 0.6) is 0 Å². The Morgan fingerprint density at radius 2 is 0.407 bits per heavy atom. The molecule has 11 heteroatoms. The monoisotopic (exact) mass is 1160 g/mol. The molecule has 10 nitrogen and oxygen atoms in total. The molecule has 0 saturated carbocycles. The number of carbonyl (C=O) groups excluding carboxylic acids is 5. The van der Waals surface area contributed by atoms with Gasteiger partial charge in [-0.1, -0.05) is 355 Å². The second kappa shape index (κ2) is 82.1. The molecule has 0 saturated heterocycles. The number of esters is 1. The summed E-state index contributed by atoms with van der Waals surface area (Å²) >= 11 is 0. The van der Waals surface area contributed by atoms with Crippen LogP contribution in [0.1, 0.15) is 413 Å². The van der Waals surface area contributed by atoms with Gasteiger partial charge in [0.15, 0.2) is 0 Å². The maximum absolute atomic E-state index is 11.2. The predicted molar refractivity (Wildman–Crippen MR) is 341 cm³/mol. The van der Waals surface area contributed by atoms with Gasteiger partial charge in [0.05, 0.1) is 13.0 Å². The number of amides is 1. The molecule has 0 aromatic heterocycles. The molecule has 0 aliphatic rings. The van der Waals surface area contributed by atoms with Gasteiger partial charge in [0, 0.05) is 24.3 Å². The zero-order valence-corrected chi connectivity index (χ0v) is 55.6. The van der Waals surface area contributed by atoms with E-state index in [1.165, 1.54) is 302 Å². The number of nitrogens with two attached hydrogens (primary N) is 1. The summed E-state index contributed by atoms with van der Waals surface area (Å²) in [7, 11) is 0. The van der Waals surface area contributed by atoms with Gasteiger partial charge in [-0.15, -0.1) is 0 Å². The van der Waals surface area contributed by atoms with Gasteiger partial charge in [-0.25, -0.2) is 0 Å². The largest absolute Gasteiger partial charge is 3.00 e. The number of primary amides is 1. The SMILES string of the molecule is CCCCCCCCCCCCCCCCCC(=O)[O-].CCCCCCCCCCCCCCCCCC(=O)[O-].CCCCCCCCCCCCCCCCCC(=O)[O-].CCCCCCCCCCCCOC(=O)CCC(N)=O.[Al+3]. The smallest absolute Gasteiger partial charge is 0.550 e. The number of carboxylic acids is 3. The number of carboxylic acid groups (broad SMARTS) is 3. The second-order valence-electron chi connectivity index (χ2n) is 23.6. The van der Waals surface area contributed by atoms with Crippen LogP contribution in [-0.2, 0) is 28.7 Å². The summed E-state index contributed by atoms with van der Waals surface area (Å²) in [5.41, 5.74) is 4.96. The Balaban J connectivity index is -0.000000316. The third kappa shape index (κ3) is 100. The first-order chi connectivity index (χ1) is 39.0. The fourth-order valence-electron chi connectivity index (χ4n) is 9.99. The summed E-state index contributed by atoms with van der Waals surface area (Å²) in [6, 6.07) is 0. The molecule has 0 spiro atoms. The second-order valence-corrected chi connectivity index (χ2v) is 23.6. The van der Waals surface area contributed by atoms with Crippen LogP contribution in [0.2, 0.25) is 0 Å². The van der Waals surface area contributed by atoms with E-state index in [1.54, 1.807) is 0 Å². The van der Waals surface area contributed by atoms with Crippen LogP contribution in [0.3, 0.4) is 0 Å². The van der Waals surface area contributed by atoms with Crippen LogP contribution in [0.4, 0.5) is 0 Å². The molecule has 0 radical (unpaired) electrons. The first-order valence-electron chi connectivity index (χ1n) is 35.0. The quantitative estimate of drug-likeness (QED) is 0.0351. The van der Waals surface area contributed by atoms with E-state index in [4.69, 9.17) is 10.5 Å². The molecule has 0 bridgehead atoms. The van der Waals surface area contributed by atoms with Crippen molar-refractivity contribution in [3.05, 3.63) is 0 Å². The van der Waals surface area contributed by atoms with Crippen molar-refractivity contribution in [1.29, 1.82) is 0 Å². The average molecular weight is 1160 g/mol. The number of unbranched alkanes of at least 4 members (excludes halogenated alkanes) is 51. The van der Waals surface area contributed by atoms with Crippen LogP contribution in [-0.4, -0.2) is 53.8 Å². The van der Waals surface area contributed by atoms with Gasteiger partial charge in [-0.2, -0.15) is 0 Å². The molecule has 0 heterocycles. The van der Waals surface area contributed by atoms with Crippen molar-refractivity contribution in [2.45, 2.75) is 413 Å². The van der Waals surface area contributed by atoms with Gasteiger partial charge in [0.1, 0.15) is 0 Å². The van der Waals surface area contributed by atoms with Crippen LogP contribution in [0.15, 0.2) is 0 Å². The van der Waals surface area contributed by atoms with E-state index >= 15 is 0 Å². The molecule has 0 aromatic carbocycles. The number of ether oxygens (including phenoxy) is 1. The molecule has 0 aliphatic carbocycles. The van der Waals surface area contributed by atoms with E-state index in [9.17, 15) is 39.3 Å². The molecule has 1 amide bonds. The summed E-state index contributed by atoms with van der Waals surface area (Å²) in [6.45, 7) is 9.50. The molecular weight excluding hydrogens is 1030 g/mol. The Hall–Kier alpha value is -2.12. The summed E-state index contributed by atoms with van der Waals surface area (Å²) < 4.78 is 5.02. The van der Waals surface area contributed by atoms with Crippen LogP contribution >= 0.6 is 0 Å². The van der Waals surface area contributed by atoms with E-state index in [2.05, 4.69) is 27.7 Å². The molecule has 0 rings (SSSR count). The first kappa shape index (κ1) is 87.7. The fraction of sp³-hybridized carbons (Fsp3) is 0.929. The third-order valence-corrected chi connectivity index (χ3v) is 15.3. The molecule has 0 aliphatic heterocycles. The Morgan fingerprint density at radius 3 is 0.568 bits per heavy atom. The van der Waals surface area contributed by atoms with E-state index in [0.717, 1.165) is 51.4 Å². The predicted octanol–water partition coefficient (Wildman–Crippen LogP) is 18.3. The minimum Gasteiger partial charge on any atom is -0.550 e. The standard InChI is InChI=1S/3C18H36O2.C16H31NO3.Al/c3*1-2-3-4-5-6-7-8-9-10-11-12-13-14-15-16-17-18(19)20;1-2-3-4-5-6-7-8-9-10-11-14-20-16(19)13-12-15(17)18;/h3*2-17H2,1H3,(H,19,20);2-14H2,1H3,(H2,17,18);/q;;;;+3/p-3. The number of hydrogen-bond donors (Lipinski definition) is 1. The Kier molecular flexibility index (Phi) is 88.8. The van der Waals surface area contributed by atoms with Crippen molar-refractivity contribution in [2.24, 2.45) is 5.73 Å². The molecule has 2 N–H and O–H groups in total. The summed E-state index contributed by atoms with van der Waals surface area (Å²) in [4.78, 5) is 52.3. The number of hydrogen-bond acceptors (Lipinski definition) is 9. The van der Waals surface area contributed by atoms with E-state index < -0.39 is 23.8 Å². The van der Waals surface area contributed by atoms with Gasteiger partial charge in [0.2, 0.25) is 5.91 Å². The molecule has 0 unspecified atom stereocenters. The molecule has 0 atom stereocenters. The maximum Gasteiger partial charge on any atom is 3.00 e.